The number of aliphatic hydroxyl groups excluding tert-OH is 1. The van der Waals surface area contributed by atoms with Gasteiger partial charge in [0.2, 0.25) is 10.0 Å². The van der Waals surface area contributed by atoms with Crippen LogP contribution in [0.2, 0.25) is 0 Å². The Balaban J connectivity index is 2.40. The molecule has 1 aromatic rings. The van der Waals surface area contributed by atoms with E-state index in [0.717, 1.165) is 4.90 Å². The largest absolute Gasteiger partial charge is 0.398 e. The second kappa shape index (κ2) is 6.98. The topological polar surface area (TPSA) is 92.4 Å². The van der Waals surface area contributed by atoms with E-state index in [4.69, 9.17) is 10.8 Å². The van der Waals surface area contributed by atoms with Crippen molar-refractivity contribution in [2.45, 2.75) is 17.9 Å². The number of nitrogens with two attached hydrogens (primary N) is 1. The van der Waals surface area contributed by atoms with Crippen LogP contribution in [-0.4, -0.2) is 37.7 Å². The molecule has 0 unspecified atom stereocenters. The molecule has 18 heavy (non-hydrogen) atoms. The number of sulfonamides is 1. The summed E-state index contributed by atoms with van der Waals surface area (Å²) in [5.41, 5.74) is 6.40. The van der Waals surface area contributed by atoms with Gasteiger partial charge in [0.25, 0.3) is 0 Å². The van der Waals surface area contributed by atoms with E-state index in [1.807, 2.05) is 18.2 Å². The molecule has 5 nitrogen and oxygen atoms in total. The van der Waals surface area contributed by atoms with E-state index in [1.165, 1.54) is 18.7 Å². The maximum Gasteiger partial charge on any atom is 0.212 e. The van der Waals surface area contributed by atoms with Crippen molar-refractivity contribution in [3.05, 3.63) is 24.3 Å². The lowest BCUT2D eigenvalue weighted by Crippen LogP contribution is -2.33. The minimum absolute atomic E-state index is 0.00127. The second-order valence-electron chi connectivity index (χ2n) is 3.90. The quantitative estimate of drug-likeness (QED) is 0.507. The van der Waals surface area contributed by atoms with Gasteiger partial charge >= 0.3 is 0 Å². The highest BCUT2D eigenvalue weighted by Crippen LogP contribution is 2.24. The van der Waals surface area contributed by atoms with Crippen molar-refractivity contribution in [1.82, 2.24) is 4.72 Å². The van der Waals surface area contributed by atoms with Crippen molar-refractivity contribution in [3.63, 3.8) is 0 Å². The van der Waals surface area contributed by atoms with Gasteiger partial charge in [0.1, 0.15) is 0 Å². The van der Waals surface area contributed by atoms with Gasteiger partial charge in [-0.15, -0.1) is 11.8 Å². The van der Waals surface area contributed by atoms with E-state index < -0.39 is 16.1 Å². The lowest BCUT2D eigenvalue weighted by molar-refractivity contribution is 0.198. The van der Waals surface area contributed by atoms with Gasteiger partial charge in [-0.2, -0.15) is 0 Å². The van der Waals surface area contributed by atoms with Gasteiger partial charge in [-0.05, 0) is 19.1 Å². The number of aliphatic hydroxyl groups is 1. The second-order valence-corrected chi connectivity index (χ2v) is 6.97. The zero-order valence-electron chi connectivity index (χ0n) is 10.2. The number of nitrogens with one attached hydrogen (secondary N) is 1. The Morgan fingerprint density at radius 1 is 1.44 bits per heavy atom. The molecule has 0 saturated carbocycles. The van der Waals surface area contributed by atoms with Crippen molar-refractivity contribution in [1.29, 1.82) is 0 Å². The molecule has 4 N–H and O–H groups in total. The average Bonchev–Trinajstić information content (AvgIpc) is 2.29. The SMILES string of the molecule is C[C@@H](O)CNS(=O)(=O)CCSc1ccccc1N. The fourth-order valence-corrected chi connectivity index (χ4v) is 3.67. The Morgan fingerprint density at radius 3 is 2.72 bits per heavy atom. The highest BCUT2D eigenvalue weighted by atomic mass is 32.2. The molecule has 0 aliphatic rings. The number of benzene rings is 1. The Kier molecular flexibility index (Phi) is 5.94. The van der Waals surface area contributed by atoms with E-state index in [2.05, 4.69) is 4.72 Å². The van der Waals surface area contributed by atoms with Gasteiger partial charge in [-0.25, -0.2) is 13.1 Å². The summed E-state index contributed by atoms with van der Waals surface area (Å²) in [6, 6.07) is 7.33. The van der Waals surface area contributed by atoms with Crippen LogP contribution in [0.3, 0.4) is 0 Å². The minimum atomic E-state index is -3.33. The third kappa shape index (κ3) is 5.72. The molecule has 1 atom stereocenters. The predicted octanol–water partition coefficient (Wildman–Crippen LogP) is 0.661. The smallest absolute Gasteiger partial charge is 0.212 e. The lowest BCUT2D eigenvalue weighted by atomic mass is 10.3. The van der Waals surface area contributed by atoms with Gasteiger partial charge in [-0.1, -0.05) is 12.1 Å². The van der Waals surface area contributed by atoms with E-state index in [0.29, 0.717) is 11.4 Å². The van der Waals surface area contributed by atoms with Crippen molar-refractivity contribution in [3.8, 4) is 0 Å². The Labute approximate surface area is 112 Å². The predicted molar refractivity (Wildman–Crippen MR) is 75.0 cm³/mol. The van der Waals surface area contributed by atoms with Crippen molar-refractivity contribution >= 4 is 27.5 Å². The molecular weight excluding hydrogens is 272 g/mol. The Hall–Kier alpha value is -0.760. The van der Waals surface area contributed by atoms with Crippen LogP contribution < -0.4 is 10.5 Å². The van der Waals surface area contributed by atoms with Crippen LogP contribution in [0, 0.1) is 0 Å². The number of thioether (sulfide) groups is 1. The Morgan fingerprint density at radius 2 is 2.11 bits per heavy atom. The third-order valence-electron chi connectivity index (χ3n) is 2.13. The van der Waals surface area contributed by atoms with Crippen LogP contribution in [0.4, 0.5) is 5.69 Å². The first-order valence-electron chi connectivity index (χ1n) is 5.53. The van der Waals surface area contributed by atoms with Crippen molar-refractivity contribution < 1.29 is 13.5 Å². The standard InChI is InChI=1S/C11H18N2O3S2/c1-9(14)8-13-18(15,16)7-6-17-11-5-3-2-4-10(11)12/h2-5,9,13-14H,6-8,12H2,1H3/t9-/m1/s1. The molecule has 0 aliphatic carbocycles. The zero-order chi connectivity index (χ0) is 13.6. The molecule has 0 saturated heterocycles. The first kappa shape index (κ1) is 15.3. The van der Waals surface area contributed by atoms with Crippen LogP contribution >= 0.6 is 11.8 Å². The highest BCUT2D eigenvalue weighted by molar-refractivity contribution is 8.00. The maximum absolute atomic E-state index is 11.5. The first-order chi connectivity index (χ1) is 8.41. The molecule has 102 valence electrons. The number of nitrogen functional groups attached to an aromatic ring is 1. The van der Waals surface area contributed by atoms with E-state index in [9.17, 15) is 8.42 Å². The molecule has 0 aromatic heterocycles. The van der Waals surface area contributed by atoms with Crippen LogP contribution in [0.15, 0.2) is 29.2 Å². The third-order valence-corrected chi connectivity index (χ3v) is 4.82. The summed E-state index contributed by atoms with van der Waals surface area (Å²) >= 11 is 1.40. The Bertz CT molecular complexity index is 475. The fraction of sp³-hybridized carbons (Fsp3) is 0.455. The highest BCUT2D eigenvalue weighted by Gasteiger charge is 2.11. The summed E-state index contributed by atoms with van der Waals surface area (Å²) in [4.78, 5) is 0.878. The molecule has 0 radical (unpaired) electrons. The van der Waals surface area contributed by atoms with Gasteiger partial charge in [0, 0.05) is 22.9 Å². The monoisotopic (exact) mass is 290 g/mol. The van der Waals surface area contributed by atoms with E-state index in [1.54, 1.807) is 6.07 Å². The lowest BCUT2D eigenvalue weighted by Gasteiger charge is -2.08. The fourth-order valence-electron chi connectivity index (χ4n) is 1.19. The molecule has 0 heterocycles. The molecular formula is C11H18N2O3S2. The van der Waals surface area contributed by atoms with Gasteiger partial charge in [0.15, 0.2) is 0 Å². The summed E-state index contributed by atoms with van der Waals surface area (Å²) in [5.74, 6) is 0.419. The van der Waals surface area contributed by atoms with Gasteiger partial charge in [-0.3, -0.25) is 0 Å². The van der Waals surface area contributed by atoms with Crippen LogP contribution in [0.25, 0.3) is 0 Å². The summed E-state index contributed by atoms with van der Waals surface area (Å²) in [5, 5.41) is 9.01. The number of anilines is 1. The molecule has 7 heteroatoms. The number of para-hydroxylation sites is 1. The van der Waals surface area contributed by atoms with Crippen LogP contribution in [0.5, 0.6) is 0 Å². The van der Waals surface area contributed by atoms with E-state index >= 15 is 0 Å². The zero-order valence-corrected chi connectivity index (χ0v) is 11.8. The number of hydrogen-bond donors (Lipinski definition) is 3. The molecule has 0 aliphatic heterocycles. The molecule has 1 aromatic carbocycles. The minimum Gasteiger partial charge on any atom is -0.398 e. The van der Waals surface area contributed by atoms with E-state index in [-0.39, 0.29) is 12.3 Å². The maximum atomic E-state index is 11.5. The first-order valence-corrected chi connectivity index (χ1v) is 8.17. The van der Waals surface area contributed by atoms with Crippen molar-refractivity contribution in [2.24, 2.45) is 0 Å². The van der Waals surface area contributed by atoms with Crippen molar-refractivity contribution in [2.75, 3.05) is 23.8 Å². The summed E-state index contributed by atoms with van der Waals surface area (Å²) in [6.45, 7) is 1.57. The number of rotatable bonds is 7. The molecule has 1 rings (SSSR count). The summed E-state index contributed by atoms with van der Waals surface area (Å²) < 4.78 is 25.4. The summed E-state index contributed by atoms with van der Waals surface area (Å²) in [6.07, 6.45) is -0.683. The molecule has 0 spiro atoms. The molecule has 0 fully saturated rings. The average molecular weight is 290 g/mol. The summed E-state index contributed by atoms with van der Waals surface area (Å²) in [7, 11) is -3.33. The molecule has 0 bridgehead atoms. The van der Waals surface area contributed by atoms with Gasteiger partial charge in [0.05, 0.1) is 11.9 Å². The normalized spacial score (nSPS) is 13.4. The van der Waals surface area contributed by atoms with Crippen LogP contribution in [0.1, 0.15) is 6.92 Å². The number of hydrogen-bond acceptors (Lipinski definition) is 5. The van der Waals surface area contributed by atoms with Gasteiger partial charge < -0.3 is 10.8 Å². The van der Waals surface area contributed by atoms with Crippen LogP contribution in [-0.2, 0) is 10.0 Å². The molecule has 0 amide bonds.